The lowest BCUT2D eigenvalue weighted by molar-refractivity contribution is -0.274. The van der Waals surface area contributed by atoms with E-state index in [2.05, 4.69) is 4.74 Å². The van der Waals surface area contributed by atoms with Crippen LogP contribution in [0.2, 0.25) is 0 Å². The van der Waals surface area contributed by atoms with Gasteiger partial charge in [-0.3, -0.25) is 0 Å². The van der Waals surface area contributed by atoms with Crippen LogP contribution in [0.3, 0.4) is 0 Å². The van der Waals surface area contributed by atoms with E-state index in [9.17, 15) is 26.3 Å². The van der Waals surface area contributed by atoms with Gasteiger partial charge in [-0.2, -0.15) is 13.2 Å². The van der Waals surface area contributed by atoms with Crippen molar-refractivity contribution in [3.05, 3.63) is 29.3 Å². The predicted octanol–water partition coefficient (Wildman–Crippen LogP) is 3.06. The average Bonchev–Trinajstić information content (AvgIpc) is 2.14. The van der Waals surface area contributed by atoms with Gasteiger partial charge in [-0.05, 0) is 18.2 Å². The highest BCUT2D eigenvalue weighted by atomic mass is 19.4. The lowest BCUT2D eigenvalue weighted by Crippen LogP contribution is -2.19. The van der Waals surface area contributed by atoms with Crippen molar-refractivity contribution in [1.82, 2.24) is 0 Å². The van der Waals surface area contributed by atoms with Gasteiger partial charge in [0.1, 0.15) is 5.75 Å². The number of ether oxygens (including phenoxy) is 1. The quantitative estimate of drug-likeness (QED) is 0.828. The van der Waals surface area contributed by atoms with Crippen molar-refractivity contribution in [3.63, 3.8) is 0 Å². The van der Waals surface area contributed by atoms with E-state index in [1.165, 1.54) is 0 Å². The molecule has 2 nitrogen and oxygen atoms in total. The Morgan fingerprint density at radius 2 is 1.65 bits per heavy atom. The summed E-state index contributed by atoms with van der Waals surface area (Å²) in [6.45, 7) is -0.491. The van der Waals surface area contributed by atoms with Gasteiger partial charge >= 0.3 is 12.5 Å². The van der Waals surface area contributed by atoms with Crippen molar-refractivity contribution in [1.29, 1.82) is 0 Å². The van der Waals surface area contributed by atoms with Crippen LogP contribution in [0.4, 0.5) is 26.3 Å². The number of halogens is 6. The molecular weight excluding hydrogens is 252 g/mol. The Morgan fingerprint density at radius 1 is 1.06 bits per heavy atom. The highest BCUT2D eigenvalue weighted by Gasteiger charge is 2.34. The molecular formula is C9H7F6NO. The molecule has 0 aromatic heterocycles. The number of nitrogens with two attached hydrogens (primary N) is 1. The Morgan fingerprint density at radius 3 is 2.06 bits per heavy atom. The van der Waals surface area contributed by atoms with Crippen LogP contribution in [0.25, 0.3) is 0 Å². The van der Waals surface area contributed by atoms with Crippen LogP contribution in [-0.2, 0) is 12.7 Å². The zero-order valence-corrected chi connectivity index (χ0v) is 8.19. The zero-order valence-electron chi connectivity index (χ0n) is 8.19. The highest BCUT2D eigenvalue weighted by molar-refractivity contribution is 5.38. The normalized spacial score (nSPS) is 12.6. The largest absolute Gasteiger partial charge is 0.573 e. The molecule has 0 saturated heterocycles. The molecule has 2 N–H and O–H groups in total. The second-order valence-electron chi connectivity index (χ2n) is 3.07. The monoisotopic (exact) mass is 259 g/mol. The Bertz CT molecular complexity index is 397. The average molecular weight is 259 g/mol. The Kier molecular flexibility index (Phi) is 3.56. The second-order valence-corrected chi connectivity index (χ2v) is 3.07. The van der Waals surface area contributed by atoms with Gasteiger partial charge in [0.25, 0.3) is 0 Å². The number of benzene rings is 1. The lowest BCUT2D eigenvalue weighted by atomic mass is 10.1. The summed E-state index contributed by atoms with van der Waals surface area (Å²) in [6.07, 6.45) is -9.61. The summed E-state index contributed by atoms with van der Waals surface area (Å²) in [5.41, 5.74) is 3.63. The molecule has 17 heavy (non-hydrogen) atoms. The molecule has 0 fully saturated rings. The standard InChI is InChI=1S/C9H7F6NO/c10-8(11,12)6-1-2-7(5(3-6)4-16)17-9(13,14)15/h1-3H,4,16H2. The molecule has 0 unspecified atom stereocenters. The fourth-order valence-corrected chi connectivity index (χ4v) is 1.14. The molecule has 0 aliphatic heterocycles. The summed E-state index contributed by atoms with van der Waals surface area (Å²) in [7, 11) is 0. The van der Waals surface area contributed by atoms with Crippen molar-refractivity contribution in [2.75, 3.05) is 0 Å². The predicted molar refractivity (Wildman–Crippen MR) is 46.0 cm³/mol. The van der Waals surface area contributed by atoms with Crippen LogP contribution in [0.15, 0.2) is 18.2 Å². The lowest BCUT2D eigenvalue weighted by Gasteiger charge is -2.14. The van der Waals surface area contributed by atoms with Crippen molar-refractivity contribution >= 4 is 0 Å². The number of hydrogen-bond donors (Lipinski definition) is 1. The van der Waals surface area contributed by atoms with Crippen molar-refractivity contribution in [3.8, 4) is 5.75 Å². The summed E-state index contributed by atoms with van der Waals surface area (Å²) < 4.78 is 76.1. The molecule has 0 heterocycles. The van der Waals surface area contributed by atoms with Crippen LogP contribution < -0.4 is 10.5 Å². The van der Waals surface area contributed by atoms with Gasteiger partial charge in [0, 0.05) is 12.1 Å². The molecule has 0 aliphatic rings. The van der Waals surface area contributed by atoms with E-state index in [0.29, 0.717) is 18.2 Å². The van der Waals surface area contributed by atoms with Gasteiger partial charge in [-0.15, -0.1) is 13.2 Å². The third-order valence-electron chi connectivity index (χ3n) is 1.83. The maximum absolute atomic E-state index is 12.3. The van der Waals surface area contributed by atoms with Gasteiger partial charge in [-0.1, -0.05) is 0 Å². The molecule has 1 aromatic rings. The Hall–Kier alpha value is -1.44. The second kappa shape index (κ2) is 4.44. The van der Waals surface area contributed by atoms with E-state index in [1.54, 1.807) is 0 Å². The fourth-order valence-electron chi connectivity index (χ4n) is 1.14. The van der Waals surface area contributed by atoms with Crippen LogP contribution in [0.5, 0.6) is 5.75 Å². The van der Waals surface area contributed by atoms with Crippen LogP contribution in [0.1, 0.15) is 11.1 Å². The van der Waals surface area contributed by atoms with E-state index in [0.717, 1.165) is 0 Å². The smallest absolute Gasteiger partial charge is 0.405 e. The summed E-state index contributed by atoms with van der Waals surface area (Å²) in [5.74, 6) is -0.729. The molecule has 1 rings (SSSR count). The molecule has 0 saturated carbocycles. The number of alkyl halides is 6. The molecule has 0 aliphatic carbocycles. The van der Waals surface area contributed by atoms with E-state index >= 15 is 0 Å². The summed E-state index contributed by atoms with van der Waals surface area (Å²) in [5, 5.41) is 0. The summed E-state index contributed by atoms with van der Waals surface area (Å²) >= 11 is 0. The topological polar surface area (TPSA) is 35.2 Å². The van der Waals surface area contributed by atoms with Crippen molar-refractivity contribution < 1.29 is 31.1 Å². The highest BCUT2D eigenvalue weighted by Crippen LogP contribution is 2.34. The van der Waals surface area contributed by atoms with Crippen molar-refractivity contribution in [2.45, 2.75) is 19.1 Å². The van der Waals surface area contributed by atoms with E-state index in [4.69, 9.17) is 5.73 Å². The fraction of sp³-hybridized carbons (Fsp3) is 0.333. The third-order valence-corrected chi connectivity index (χ3v) is 1.83. The first-order valence-corrected chi connectivity index (χ1v) is 4.29. The van der Waals surface area contributed by atoms with Gasteiger partial charge in [0.2, 0.25) is 0 Å². The van der Waals surface area contributed by atoms with Gasteiger partial charge in [0.05, 0.1) is 5.56 Å². The Balaban J connectivity index is 3.10. The minimum atomic E-state index is -4.97. The van der Waals surface area contributed by atoms with Gasteiger partial charge in [0.15, 0.2) is 0 Å². The number of rotatable bonds is 2. The maximum atomic E-state index is 12.3. The molecule has 1 aromatic carbocycles. The third kappa shape index (κ3) is 3.81. The zero-order chi connectivity index (χ0) is 13.3. The van der Waals surface area contributed by atoms with Crippen LogP contribution >= 0.6 is 0 Å². The molecule has 8 heteroatoms. The summed E-state index contributed by atoms with van der Waals surface area (Å²) in [4.78, 5) is 0. The molecule has 0 amide bonds. The van der Waals surface area contributed by atoms with Gasteiger partial charge in [-0.25, -0.2) is 0 Å². The van der Waals surface area contributed by atoms with E-state index < -0.39 is 30.4 Å². The maximum Gasteiger partial charge on any atom is 0.573 e. The summed E-state index contributed by atoms with van der Waals surface area (Å²) in [6, 6.07) is 1.62. The van der Waals surface area contributed by atoms with Crippen LogP contribution in [-0.4, -0.2) is 6.36 Å². The molecule has 0 radical (unpaired) electrons. The molecule has 96 valence electrons. The molecule has 0 spiro atoms. The van der Waals surface area contributed by atoms with Crippen LogP contribution in [0, 0.1) is 0 Å². The minimum Gasteiger partial charge on any atom is -0.405 e. The molecule has 0 atom stereocenters. The Labute approximate surface area is 92.0 Å². The SMILES string of the molecule is NCc1cc(C(F)(F)F)ccc1OC(F)(F)F. The first-order chi connectivity index (χ1) is 7.63. The van der Waals surface area contributed by atoms with Crippen molar-refractivity contribution in [2.24, 2.45) is 5.73 Å². The number of hydrogen-bond acceptors (Lipinski definition) is 2. The molecule has 0 bridgehead atoms. The van der Waals surface area contributed by atoms with E-state index in [-0.39, 0.29) is 5.56 Å². The first kappa shape index (κ1) is 13.6. The van der Waals surface area contributed by atoms with Gasteiger partial charge < -0.3 is 10.5 Å². The minimum absolute atomic E-state index is 0.364. The first-order valence-electron chi connectivity index (χ1n) is 4.29. The van der Waals surface area contributed by atoms with E-state index in [1.807, 2.05) is 0 Å².